The first-order chi connectivity index (χ1) is 7.34. The van der Waals surface area contributed by atoms with E-state index in [0.717, 1.165) is 16.9 Å². The molecule has 1 aliphatic carbocycles. The molecule has 0 aromatic heterocycles. The first-order valence-corrected chi connectivity index (χ1v) is 5.67. The molecule has 0 bridgehead atoms. The highest BCUT2D eigenvalue weighted by Crippen LogP contribution is 2.31. The minimum absolute atomic E-state index is 0.0729. The molecule has 0 fully saturated rings. The van der Waals surface area contributed by atoms with Gasteiger partial charge in [0.25, 0.3) is 0 Å². The van der Waals surface area contributed by atoms with Gasteiger partial charge in [-0.15, -0.1) is 0 Å². The van der Waals surface area contributed by atoms with E-state index in [0.29, 0.717) is 6.42 Å². The van der Waals surface area contributed by atoms with E-state index in [4.69, 9.17) is 22.8 Å². The average Bonchev–Trinajstić information content (AvgIpc) is 2.19. The van der Waals surface area contributed by atoms with Gasteiger partial charge in [-0.25, -0.2) is 0 Å². The van der Waals surface area contributed by atoms with Crippen LogP contribution < -0.4 is 5.48 Å². The Morgan fingerprint density at radius 3 is 2.69 bits per heavy atom. The lowest BCUT2D eigenvalue weighted by Gasteiger charge is -2.25. The summed E-state index contributed by atoms with van der Waals surface area (Å²) in [5, 5.41) is 16.0. The molecule has 0 amide bonds. The van der Waals surface area contributed by atoms with Crippen LogP contribution in [0.1, 0.15) is 33.6 Å². The van der Waals surface area contributed by atoms with Crippen molar-refractivity contribution < 1.29 is 5.21 Å². The van der Waals surface area contributed by atoms with Crippen molar-refractivity contribution >= 4 is 22.9 Å². The molecule has 0 atom stereocenters. The van der Waals surface area contributed by atoms with E-state index in [1.165, 1.54) is 5.57 Å². The number of nitrogens with one attached hydrogen (secondary N) is 2. The lowest BCUT2D eigenvalue weighted by atomic mass is 9.81. The van der Waals surface area contributed by atoms with Crippen molar-refractivity contribution in [2.75, 3.05) is 0 Å². The van der Waals surface area contributed by atoms with Crippen LogP contribution in [0.4, 0.5) is 0 Å². The van der Waals surface area contributed by atoms with Gasteiger partial charge in [0.05, 0.1) is 0 Å². The lowest BCUT2D eigenvalue weighted by molar-refractivity contribution is 0.231. The van der Waals surface area contributed by atoms with Gasteiger partial charge in [-0.2, -0.15) is 0 Å². The molecule has 4 heteroatoms. The quantitative estimate of drug-likeness (QED) is 0.300. The zero-order chi connectivity index (χ0) is 12.3. The maximum Gasteiger partial charge on any atom is 0.122 e. The zero-order valence-electron chi connectivity index (χ0n) is 9.92. The normalized spacial score (nSPS) is 16.6. The van der Waals surface area contributed by atoms with E-state index in [1.807, 2.05) is 11.6 Å². The van der Waals surface area contributed by atoms with Crippen LogP contribution >= 0.6 is 12.2 Å². The summed E-state index contributed by atoms with van der Waals surface area (Å²) in [6.07, 6.45) is 5.30. The van der Waals surface area contributed by atoms with Crippen molar-refractivity contribution in [2.24, 2.45) is 5.41 Å². The molecule has 0 unspecified atom stereocenters. The molecule has 0 heterocycles. The standard InChI is InChI=1S/C12H18N2OS/c1-12(2,3)9-4-5-10(16)8(6-9)7-11(13)14-15/h4,6,15H,5,7H2,1-3H3,(H2,13,14). The largest absolute Gasteiger partial charge is 0.290 e. The maximum absolute atomic E-state index is 8.62. The predicted octanol–water partition coefficient (Wildman–Crippen LogP) is 3.01. The molecule has 0 aliphatic heterocycles. The molecule has 3 nitrogen and oxygen atoms in total. The Morgan fingerprint density at radius 2 is 2.19 bits per heavy atom. The molecular formula is C12H18N2OS. The van der Waals surface area contributed by atoms with Crippen LogP contribution in [0, 0.1) is 10.8 Å². The van der Waals surface area contributed by atoms with Gasteiger partial charge in [-0.05, 0) is 16.6 Å². The van der Waals surface area contributed by atoms with Crippen molar-refractivity contribution in [3.05, 3.63) is 23.3 Å². The molecule has 0 radical (unpaired) electrons. The highest BCUT2D eigenvalue weighted by molar-refractivity contribution is 7.80. The summed E-state index contributed by atoms with van der Waals surface area (Å²) in [4.78, 5) is 0.855. The number of rotatable bonds is 2. The molecule has 88 valence electrons. The topological polar surface area (TPSA) is 56.1 Å². The molecule has 1 aliphatic rings. The van der Waals surface area contributed by atoms with Crippen LogP contribution in [0.5, 0.6) is 0 Å². The average molecular weight is 238 g/mol. The van der Waals surface area contributed by atoms with E-state index in [1.54, 1.807) is 0 Å². The number of thiocarbonyl (C=S) groups is 1. The second-order valence-corrected chi connectivity index (χ2v) is 5.47. The van der Waals surface area contributed by atoms with Crippen molar-refractivity contribution in [1.29, 1.82) is 5.41 Å². The van der Waals surface area contributed by atoms with Gasteiger partial charge in [-0.1, -0.05) is 45.1 Å². The summed E-state index contributed by atoms with van der Waals surface area (Å²) in [5.74, 6) is 0.0729. The SMILES string of the molecule is CC(C)(C)C1=CCC(=S)C(CC(=N)NO)=C1. The Labute approximate surface area is 102 Å². The highest BCUT2D eigenvalue weighted by atomic mass is 32.1. The van der Waals surface area contributed by atoms with E-state index in [2.05, 4.69) is 26.8 Å². The monoisotopic (exact) mass is 238 g/mol. The third-order valence-electron chi connectivity index (χ3n) is 2.56. The minimum Gasteiger partial charge on any atom is -0.290 e. The number of hydrogen-bond donors (Lipinski definition) is 3. The fraction of sp³-hybridized carbons (Fsp3) is 0.500. The van der Waals surface area contributed by atoms with Gasteiger partial charge in [0.2, 0.25) is 0 Å². The Kier molecular flexibility index (Phi) is 3.99. The number of amidine groups is 1. The summed E-state index contributed by atoms with van der Waals surface area (Å²) in [6.45, 7) is 6.45. The molecule has 0 aromatic carbocycles. The van der Waals surface area contributed by atoms with Crippen LogP contribution in [0.2, 0.25) is 0 Å². The Balaban J connectivity index is 2.90. The van der Waals surface area contributed by atoms with Crippen LogP contribution in [0.15, 0.2) is 23.3 Å². The van der Waals surface area contributed by atoms with Crippen LogP contribution in [-0.4, -0.2) is 15.9 Å². The molecule has 16 heavy (non-hydrogen) atoms. The number of hydroxylamine groups is 1. The predicted molar refractivity (Wildman–Crippen MR) is 70.1 cm³/mol. The number of allylic oxidation sites excluding steroid dienone is 3. The summed E-state index contributed by atoms with van der Waals surface area (Å²) < 4.78 is 0. The molecule has 0 aromatic rings. The Morgan fingerprint density at radius 1 is 1.56 bits per heavy atom. The van der Waals surface area contributed by atoms with Crippen LogP contribution in [0.25, 0.3) is 0 Å². The lowest BCUT2D eigenvalue weighted by Crippen LogP contribution is -2.21. The zero-order valence-corrected chi connectivity index (χ0v) is 10.7. The Hall–Kier alpha value is -1.00. The van der Waals surface area contributed by atoms with Gasteiger partial charge in [0, 0.05) is 17.7 Å². The summed E-state index contributed by atoms with van der Waals surface area (Å²) in [5.41, 5.74) is 4.13. The summed E-state index contributed by atoms with van der Waals surface area (Å²) >= 11 is 5.25. The van der Waals surface area contributed by atoms with E-state index in [-0.39, 0.29) is 11.3 Å². The molecule has 0 spiro atoms. The van der Waals surface area contributed by atoms with E-state index < -0.39 is 0 Å². The second-order valence-electron chi connectivity index (χ2n) is 4.97. The van der Waals surface area contributed by atoms with Crippen molar-refractivity contribution in [3.63, 3.8) is 0 Å². The van der Waals surface area contributed by atoms with Crippen LogP contribution in [-0.2, 0) is 0 Å². The fourth-order valence-electron chi connectivity index (χ4n) is 1.56. The third kappa shape index (κ3) is 3.25. The molecule has 0 saturated heterocycles. The molecular weight excluding hydrogens is 220 g/mol. The fourth-order valence-corrected chi connectivity index (χ4v) is 1.78. The van der Waals surface area contributed by atoms with Crippen molar-refractivity contribution in [1.82, 2.24) is 5.48 Å². The first kappa shape index (κ1) is 13.1. The van der Waals surface area contributed by atoms with Crippen LogP contribution in [0.3, 0.4) is 0 Å². The van der Waals surface area contributed by atoms with Gasteiger partial charge in [0.15, 0.2) is 0 Å². The Bertz CT molecular complexity index is 375. The molecule has 0 saturated carbocycles. The van der Waals surface area contributed by atoms with Gasteiger partial charge < -0.3 is 0 Å². The molecule has 3 N–H and O–H groups in total. The number of hydrogen-bond acceptors (Lipinski definition) is 3. The minimum atomic E-state index is 0.0729. The second kappa shape index (κ2) is 4.89. The van der Waals surface area contributed by atoms with Crippen molar-refractivity contribution in [3.8, 4) is 0 Å². The van der Waals surface area contributed by atoms with E-state index in [9.17, 15) is 0 Å². The van der Waals surface area contributed by atoms with Gasteiger partial charge in [-0.3, -0.25) is 16.1 Å². The first-order valence-electron chi connectivity index (χ1n) is 5.26. The van der Waals surface area contributed by atoms with Gasteiger partial charge >= 0.3 is 0 Å². The highest BCUT2D eigenvalue weighted by Gasteiger charge is 2.20. The smallest absolute Gasteiger partial charge is 0.122 e. The van der Waals surface area contributed by atoms with E-state index >= 15 is 0 Å². The van der Waals surface area contributed by atoms with Gasteiger partial charge in [0.1, 0.15) is 5.84 Å². The molecule has 1 rings (SSSR count). The van der Waals surface area contributed by atoms with Crippen molar-refractivity contribution in [2.45, 2.75) is 33.6 Å². The third-order valence-corrected chi connectivity index (χ3v) is 2.99. The summed E-state index contributed by atoms with van der Waals surface area (Å²) in [7, 11) is 0. The summed E-state index contributed by atoms with van der Waals surface area (Å²) in [6, 6.07) is 0. The maximum atomic E-state index is 8.62.